The Morgan fingerprint density at radius 2 is 2.31 bits per heavy atom. The highest BCUT2D eigenvalue weighted by atomic mass is 19.1. The molecule has 1 rings (SSSR count). The van der Waals surface area contributed by atoms with E-state index in [1.807, 2.05) is 5.32 Å². The van der Waals surface area contributed by atoms with Crippen molar-refractivity contribution >= 4 is 11.8 Å². The first kappa shape index (κ1) is 9.00. The van der Waals surface area contributed by atoms with E-state index in [0.29, 0.717) is 0 Å². The molecule has 5 heteroatoms. The molecule has 0 aliphatic rings. The van der Waals surface area contributed by atoms with Gasteiger partial charge in [0.2, 0.25) is 0 Å². The van der Waals surface area contributed by atoms with Gasteiger partial charge in [-0.1, -0.05) is 6.07 Å². The fourth-order valence-corrected chi connectivity index (χ4v) is 0.851. The number of nitrogens with one attached hydrogen (secondary N) is 1. The van der Waals surface area contributed by atoms with E-state index in [0.717, 1.165) is 6.07 Å². The molecule has 0 spiro atoms. The van der Waals surface area contributed by atoms with Crippen LogP contribution in [0.15, 0.2) is 18.2 Å². The minimum atomic E-state index is -1.40. The van der Waals surface area contributed by atoms with E-state index >= 15 is 0 Å². The first-order chi connectivity index (χ1) is 6.15. The third-order valence-corrected chi connectivity index (χ3v) is 1.37. The second-order valence-electron chi connectivity index (χ2n) is 2.20. The number of carboxylic acid groups (broad SMARTS) is 1. The molecule has 1 aromatic rings. The lowest BCUT2D eigenvalue weighted by atomic mass is 10.2. The summed E-state index contributed by atoms with van der Waals surface area (Å²) in [6.07, 6.45) is -1.40. The third-order valence-electron chi connectivity index (χ3n) is 1.37. The first-order valence-corrected chi connectivity index (χ1v) is 3.33. The van der Waals surface area contributed by atoms with Gasteiger partial charge in [-0.3, -0.25) is 5.32 Å². The topological polar surface area (TPSA) is 73.1 Å². The molecule has 2 N–H and O–H groups in total. The van der Waals surface area contributed by atoms with Gasteiger partial charge in [0.1, 0.15) is 11.9 Å². The molecule has 0 aliphatic carbocycles. The Balaban J connectivity index is 3.17. The van der Waals surface area contributed by atoms with Gasteiger partial charge in [0.15, 0.2) is 0 Å². The molecule has 13 heavy (non-hydrogen) atoms. The molecule has 0 saturated heterocycles. The largest absolute Gasteiger partial charge is 0.465 e. The Kier molecular flexibility index (Phi) is 2.45. The summed E-state index contributed by atoms with van der Waals surface area (Å²) in [6.45, 7) is 0. The van der Waals surface area contributed by atoms with Crippen molar-refractivity contribution in [3.63, 3.8) is 0 Å². The van der Waals surface area contributed by atoms with Crippen molar-refractivity contribution in [1.29, 1.82) is 5.26 Å². The van der Waals surface area contributed by atoms with Gasteiger partial charge in [0, 0.05) is 0 Å². The fourth-order valence-electron chi connectivity index (χ4n) is 0.851. The van der Waals surface area contributed by atoms with Gasteiger partial charge in [-0.05, 0) is 12.1 Å². The lowest BCUT2D eigenvalue weighted by molar-refractivity contribution is 0.209. The van der Waals surface area contributed by atoms with Crippen molar-refractivity contribution in [1.82, 2.24) is 0 Å². The van der Waals surface area contributed by atoms with Crippen LogP contribution in [0.3, 0.4) is 0 Å². The first-order valence-electron chi connectivity index (χ1n) is 3.33. The summed E-state index contributed by atoms with van der Waals surface area (Å²) >= 11 is 0. The Bertz CT molecular complexity index is 384. The second-order valence-corrected chi connectivity index (χ2v) is 2.20. The second kappa shape index (κ2) is 3.54. The van der Waals surface area contributed by atoms with Crippen LogP contribution >= 0.6 is 0 Å². The molecular weight excluding hydrogens is 175 g/mol. The van der Waals surface area contributed by atoms with Crippen LogP contribution in [0.5, 0.6) is 0 Å². The number of halogens is 1. The maximum absolute atomic E-state index is 12.9. The minimum Gasteiger partial charge on any atom is -0.465 e. The standard InChI is InChI=1S/C8H5FN2O2/c9-6-3-1-2-5(4-10)7(6)11-8(12)13/h1-3,11H,(H,12,13). The molecule has 1 amide bonds. The number of anilines is 1. The molecule has 4 nitrogen and oxygen atoms in total. The van der Waals surface area contributed by atoms with Gasteiger partial charge in [-0.15, -0.1) is 0 Å². The minimum absolute atomic E-state index is 0.0394. The number of benzene rings is 1. The fraction of sp³-hybridized carbons (Fsp3) is 0. The molecule has 0 unspecified atom stereocenters. The summed E-state index contributed by atoms with van der Waals surface area (Å²) in [4.78, 5) is 10.2. The van der Waals surface area contributed by atoms with Crippen LogP contribution in [-0.2, 0) is 0 Å². The van der Waals surface area contributed by atoms with E-state index in [9.17, 15) is 9.18 Å². The van der Waals surface area contributed by atoms with Gasteiger partial charge < -0.3 is 5.11 Å². The molecule has 0 aromatic heterocycles. The molecular formula is C8H5FN2O2. The zero-order valence-electron chi connectivity index (χ0n) is 6.41. The number of rotatable bonds is 1. The van der Waals surface area contributed by atoms with Crippen LogP contribution in [0.2, 0.25) is 0 Å². The summed E-state index contributed by atoms with van der Waals surface area (Å²) in [7, 11) is 0. The SMILES string of the molecule is N#Cc1cccc(F)c1NC(=O)O. The molecule has 0 bridgehead atoms. The Morgan fingerprint density at radius 1 is 1.62 bits per heavy atom. The van der Waals surface area contributed by atoms with Crippen molar-refractivity contribution in [2.45, 2.75) is 0 Å². The molecule has 0 radical (unpaired) electrons. The highest BCUT2D eigenvalue weighted by Gasteiger charge is 2.09. The lowest BCUT2D eigenvalue weighted by Crippen LogP contribution is -2.10. The zero-order chi connectivity index (χ0) is 9.84. The number of hydrogen-bond donors (Lipinski definition) is 2. The van der Waals surface area contributed by atoms with E-state index in [1.165, 1.54) is 12.1 Å². The zero-order valence-corrected chi connectivity index (χ0v) is 6.41. The Hall–Kier alpha value is -2.09. The van der Waals surface area contributed by atoms with E-state index in [4.69, 9.17) is 10.4 Å². The van der Waals surface area contributed by atoms with Gasteiger partial charge in [-0.2, -0.15) is 5.26 Å². The van der Waals surface area contributed by atoms with Crippen LogP contribution in [0.4, 0.5) is 14.9 Å². The summed E-state index contributed by atoms with van der Waals surface area (Å²) in [6, 6.07) is 5.41. The quantitative estimate of drug-likeness (QED) is 0.691. The van der Waals surface area contributed by atoms with Gasteiger partial charge in [-0.25, -0.2) is 9.18 Å². The molecule has 0 fully saturated rings. The van der Waals surface area contributed by atoms with Crippen molar-refractivity contribution in [3.8, 4) is 6.07 Å². The average Bonchev–Trinajstić information content (AvgIpc) is 2.08. The Labute approximate surface area is 73.2 Å². The van der Waals surface area contributed by atoms with Crippen LogP contribution in [0.25, 0.3) is 0 Å². The Morgan fingerprint density at radius 3 is 2.85 bits per heavy atom. The predicted octanol–water partition coefficient (Wildman–Crippen LogP) is 1.79. The number of hydrogen-bond acceptors (Lipinski definition) is 2. The maximum Gasteiger partial charge on any atom is 0.409 e. The smallest absolute Gasteiger partial charge is 0.409 e. The molecule has 0 atom stereocenters. The number of nitriles is 1. The highest BCUT2D eigenvalue weighted by molar-refractivity contribution is 5.85. The van der Waals surface area contributed by atoms with E-state index < -0.39 is 11.9 Å². The molecule has 0 saturated carbocycles. The van der Waals surface area contributed by atoms with Gasteiger partial charge >= 0.3 is 6.09 Å². The van der Waals surface area contributed by atoms with Gasteiger partial charge in [0.25, 0.3) is 0 Å². The number of amides is 1. The van der Waals surface area contributed by atoms with Crippen LogP contribution in [0, 0.1) is 17.1 Å². The van der Waals surface area contributed by atoms with Crippen molar-refractivity contribution in [2.75, 3.05) is 5.32 Å². The van der Waals surface area contributed by atoms with E-state index in [1.54, 1.807) is 6.07 Å². The van der Waals surface area contributed by atoms with Crippen molar-refractivity contribution < 1.29 is 14.3 Å². The monoisotopic (exact) mass is 180 g/mol. The predicted molar refractivity (Wildman–Crippen MR) is 42.8 cm³/mol. The van der Waals surface area contributed by atoms with Crippen molar-refractivity contribution in [3.05, 3.63) is 29.6 Å². The molecule has 0 heterocycles. The summed E-state index contributed by atoms with van der Waals surface area (Å²) in [5.41, 5.74) is -0.347. The van der Waals surface area contributed by atoms with E-state index in [2.05, 4.69) is 0 Å². The van der Waals surface area contributed by atoms with Crippen LogP contribution < -0.4 is 5.32 Å². The van der Waals surface area contributed by atoms with Crippen LogP contribution in [-0.4, -0.2) is 11.2 Å². The molecule has 0 aliphatic heterocycles. The summed E-state index contributed by atoms with van der Waals surface area (Å²) in [5.74, 6) is -0.763. The average molecular weight is 180 g/mol. The summed E-state index contributed by atoms with van der Waals surface area (Å²) < 4.78 is 12.9. The summed E-state index contributed by atoms with van der Waals surface area (Å²) in [5, 5.41) is 18.6. The number of carbonyl (C=O) groups is 1. The van der Waals surface area contributed by atoms with Crippen LogP contribution in [0.1, 0.15) is 5.56 Å². The van der Waals surface area contributed by atoms with E-state index in [-0.39, 0.29) is 11.3 Å². The van der Waals surface area contributed by atoms with Gasteiger partial charge in [0.05, 0.1) is 11.3 Å². The normalized spacial score (nSPS) is 8.92. The number of para-hydroxylation sites is 1. The molecule has 66 valence electrons. The van der Waals surface area contributed by atoms with Crippen molar-refractivity contribution in [2.24, 2.45) is 0 Å². The lowest BCUT2D eigenvalue weighted by Gasteiger charge is -2.03. The maximum atomic E-state index is 12.9. The molecule has 1 aromatic carbocycles. The third kappa shape index (κ3) is 1.93. The number of nitrogens with zero attached hydrogens (tertiary/aromatic N) is 1. The highest BCUT2D eigenvalue weighted by Crippen LogP contribution is 2.18.